The molecule has 0 saturated heterocycles. The van der Waals surface area contributed by atoms with Crippen molar-refractivity contribution >= 4 is 0 Å². The minimum Gasteiger partial charge on any atom is -0.0653 e. The minimum absolute atomic E-state index is 0.0359. The van der Waals surface area contributed by atoms with Crippen molar-refractivity contribution in [1.29, 1.82) is 0 Å². The first-order valence-electron chi connectivity index (χ1n) is 15.8. The molecule has 6 aromatic carbocycles. The molecule has 210 valence electrons. The molecule has 1 aliphatic rings. The van der Waals surface area contributed by atoms with Crippen molar-refractivity contribution in [2.45, 2.75) is 44.9 Å². The smallest absolute Gasteiger partial charge is 0.0215 e. The molecule has 0 amide bonds. The molecule has 0 saturated carbocycles. The summed E-state index contributed by atoms with van der Waals surface area (Å²) in [6, 6.07) is 53.9. The van der Waals surface area contributed by atoms with Gasteiger partial charge >= 0.3 is 0 Å². The van der Waals surface area contributed by atoms with Crippen LogP contribution in [-0.2, 0) is 5.41 Å². The van der Waals surface area contributed by atoms with E-state index in [0.717, 1.165) is 25.7 Å². The first-order chi connectivity index (χ1) is 21.2. The average Bonchev–Trinajstić information content (AvgIpc) is 3.34. The molecule has 0 aromatic heterocycles. The van der Waals surface area contributed by atoms with Gasteiger partial charge in [-0.05, 0) is 91.7 Å². The van der Waals surface area contributed by atoms with E-state index in [1.807, 2.05) is 0 Å². The third-order valence-corrected chi connectivity index (χ3v) is 9.36. The summed E-state index contributed by atoms with van der Waals surface area (Å²) in [6.45, 7) is 4.68. The van der Waals surface area contributed by atoms with Crippen LogP contribution in [0.5, 0.6) is 0 Å². The van der Waals surface area contributed by atoms with E-state index in [4.69, 9.17) is 0 Å². The van der Waals surface area contributed by atoms with Gasteiger partial charge in [0.1, 0.15) is 0 Å². The molecule has 0 bridgehead atoms. The maximum atomic E-state index is 2.51. The summed E-state index contributed by atoms with van der Waals surface area (Å²) in [4.78, 5) is 0. The molecule has 0 heteroatoms. The Morgan fingerprint density at radius 1 is 0.349 bits per heavy atom. The van der Waals surface area contributed by atoms with Crippen molar-refractivity contribution in [3.63, 3.8) is 0 Å². The quantitative estimate of drug-likeness (QED) is 0.175. The van der Waals surface area contributed by atoms with E-state index in [2.05, 4.69) is 159 Å². The van der Waals surface area contributed by atoms with Crippen molar-refractivity contribution in [3.8, 4) is 55.6 Å². The number of rotatable bonds is 8. The van der Waals surface area contributed by atoms with Crippen molar-refractivity contribution in [2.75, 3.05) is 0 Å². The van der Waals surface area contributed by atoms with E-state index in [1.54, 1.807) is 0 Å². The van der Waals surface area contributed by atoms with Gasteiger partial charge in [-0.2, -0.15) is 0 Å². The summed E-state index contributed by atoms with van der Waals surface area (Å²) in [5, 5.41) is 0. The van der Waals surface area contributed by atoms with Crippen LogP contribution in [0.3, 0.4) is 0 Å². The molecule has 0 atom stereocenters. The third-order valence-electron chi connectivity index (χ3n) is 9.36. The molecule has 0 unspecified atom stereocenters. The molecule has 43 heavy (non-hydrogen) atoms. The first-order valence-corrected chi connectivity index (χ1v) is 15.8. The molecule has 0 aliphatic heterocycles. The van der Waals surface area contributed by atoms with E-state index in [0.29, 0.717) is 0 Å². The van der Waals surface area contributed by atoms with Crippen LogP contribution >= 0.6 is 0 Å². The van der Waals surface area contributed by atoms with Crippen LogP contribution in [0.2, 0.25) is 0 Å². The minimum atomic E-state index is 0.0359. The molecule has 6 aromatic rings. The molecule has 0 fully saturated rings. The fraction of sp³-hybridized carbons (Fsp3) is 0.163. The summed E-state index contributed by atoms with van der Waals surface area (Å²) >= 11 is 0. The zero-order valence-electron chi connectivity index (χ0n) is 25.2. The first kappa shape index (κ1) is 27.2. The largest absolute Gasteiger partial charge is 0.0653 e. The number of benzene rings is 6. The SMILES string of the molecule is CCCC1(CCC)c2cc(-c3ccc(-c4ccccc4)cc3)ccc2-c2ccc(-c3ccc(-c4ccccc4)cc3)cc21. The van der Waals surface area contributed by atoms with Gasteiger partial charge in [0, 0.05) is 5.41 Å². The van der Waals surface area contributed by atoms with Gasteiger partial charge < -0.3 is 0 Å². The van der Waals surface area contributed by atoms with Crippen LogP contribution in [0, 0.1) is 0 Å². The van der Waals surface area contributed by atoms with Gasteiger partial charge in [-0.25, -0.2) is 0 Å². The lowest BCUT2D eigenvalue weighted by Gasteiger charge is -2.32. The molecule has 0 nitrogen and oxygen atoms in total. The number of hydrogen-bond donors (Lipinski definition) is 0. The number of fused-ring (bicyclic) bond motifs is 3. The van der Waals surface area contributed by atoms with Crippen molar-refractivity contribution in [1.82, 2.24) is 0 Å². The zero-order chi connectivity index (χ0) is 29.2. The molecule has 0 radical (unpaired) electrons. The Morgan fingerprint density at radius 3 is 1.00 bits per heavy atom. The molecule has 1 aliphatic carbocycles. The van der Waals surface area contributed by atoms with Crippen LogP contribution in [-0.4, -0.2) is 0 Å². The Labute approximate surface area is 256 Å². The van der Waals surface area contributed by atoms with Crippen LogP contribution in [0.4, 0.5) is 0 Å². The topological polar surface area (TPSA) is 0 Å². The molecular weight excluding hydrogens is 516 g/mol. The van der Waals surface area contributed by atoms with E-state index in [9.17, 15) is 0 Å². The molecule has 0 N–H and O–H groups in total. The van der Waals surface area contributed by atoms with Crippen LogP contribution in [0.15, 0.2) is 146 Å². The Hall–Kier alpha value is -4.68. The second kappa shape index (κ2) is 11.5. The second-order valence-electron chi connectivity index (χ2n) is 12.0. The van der Waals surface area contributed by atoms with Gasteiger partial charge in [0.15, 0.2) is 0 Å². The summed E-state index contributed by atoms with van der Waals surface area (Å²) in [6.07, 6.45) is 4.64. The standard InChI is InChI=1S/C43H38/c1-3-27-43(28-4-2)41-29-37(35-19-15-33(16-20-35)31-11-7-5-8-12-31)23-25-39(41)40-26-24-38(30-42(40)43)36-21-17-34(18-22-36)32-13-9-6-10-14-32/h5-26,29-30H,3-4,27-28H2,1-2H3. The fourth-order valence-electron chi connectivity index (χ4n) is 7.34. The van der Waals surface area contributed by atoms with E-state index in [-0.39, 0.29) is 5.41 Å². The van der Waals surface area contributed by atoms with Gasteiger partial charge in [-0.15, -0.1) is 0 Å². The lowest BCUT2D eigenvalue weighted by atomic mass is 9.71. The maximum absolute atomic E-state index is 2.51. The number of hydrogen-bond acceptors (Lipinski definition) is 0. The van der Waals surface area contributed by atoms with Crippen molar-refractivity contribution < 1.29 is 0 Å². The predicted molar refractivity (Wildman–Crippen MR) is 184 cm³/mol. The average molecular weight is 555 g/mol. The summed E-state index contributed by atoms with van der Waals surface area (Å²) < 4.78 is 0. The van der Waals surface area contributed by atoms with Crippen molar-refractivity contribution in [2.24, 2.45) is 0 Å². The highest BCUT2D eigenvalue weighted by molar-refractivity contribution is 5.86. The Balaban J connectivity index is 1.28. The van der Waals surface area contributed by atoms with Gasteiger partial charge in [0.05, 0.1) is 0 Å². The Morgan fingerprint density at radius 2 is 0.651 bits per heavy atom. The maximum Gasteiger partial charge on any atom is 0.0215 e. The highest BCUT2D eigenvalue weighted by Crippen LogP contribution is 2.55. The molecule has 0 spiro atoms. The van der Waals surface area contributed by atoms with Crippen molar-refractivity contribution in [3.05, 3.63) is 157 Å². The summed E-state index contributed by atoms with van der Waals surface area (Å²) in [5.74, 6) is 0. The van der Waals surface area contributed by atoms with E-state index < -0.39 is 0 Å². The summed E-state index contributed by atoms with van der Waals surface area (Å²) in [7, 11) is 0. The van der Waals surface area contributed by atoms with Gasteiger partial charge in [0.2, 0.25) is 0 Å². The second-order valence-corrected chi connectivity index (χ2v) is 12.0. The Kier molecular flexibility index (Phi) is 7.29. The summed E-state index contributed by atoms with van der Waals surface area (Å²) in [5.41, 5.74) is 16.1. The van der Waals surface area contributed by atoms with E-state index >= 15 is 0 Å². The van der Waals surface area contributed by atoms with Gasteiger partial charge in [-0.3, -0.25) is 0 Å². The fourth-order valence-corrected chi connectivity index (χ4v) is 7.34. The molecule has 7 rings (SSSR count). The molecular formula is C43H38. The highest BCUT2D eigenvalue weighted by Gasteiger charge is 2.42. The normalized spacial score (nSPS) is 13.0. The highest BCUT2D eigenvalue weighted by atomic mass is 14.4. The van der Waals surface area contributed by atoms with Crippen LogP contribution < -0.4 is 0 Å². The predicted octanol–water partition coefficient (Wildman–Crippen LogP) is 12.2. The zero-order valence-corrected chi connectivity index (χ0v) is 25.2. The van der Waals surface area contributed by atoms with Crippen LogP contribution in [0.1, 0.15) is 50.7 Å². The van der Waals surface area contributed by atoms with E-state index in [1.165, 1.54) is 66.8 Å². The third kappa shape index (κ3) is 4.92. The van der Waals surface area contributed by atoms with Crippen LogP contribution in [0.25, 0.3) is 55.6 Å². The lowest BCUT2D eigenvalue weighted by molar-refractivity contribution is 0.436. The monoisotopic (exact) mass is 554 g/mol. The molecule has 0 heterocycles. The lowest BCUT2D eigenvalue weighted by Crippen LogP contribution is -2.25. The van der Waals surface area contributed by atoms with Gasteiger partial charge in [-0.1, -0.05) is 160 Å². The Bertz CT molecular complexity index is 1700. The van der Waals surface area contributed by atoms with Gasteiger partial charge in [0.25, 0.3) is 0 Å².